The Morgan fingerprint density at radius 2 is 1.78 bits per heavy atom. The number of rotatable bonds is 2. The predicted molar refractivity (Wildman–Crippen MR) is 87.5 cm³/mol. The fraction of sp³-hybridized carbons (Fsp3) is 0.947. The zero-order valence-corrected chi connectivity index (χ0v) is 14.5. The Morgan fingerprint density at radius 1 is 1.13 bits per heavy atom. The Balaban J connectivity index is 1.48. The molecule has 0 spiro atoms. The number of hydrogen-bond donors (Lipinski definition) is 2. The maximum absolute atomic E-state index is 13.1. The first-order valence-corrected chi connectivity index (χ1v) is 9.44. The van der Waals surface area contributed by atoms with Crippen LogP contribution in [0.4, 0.5) is 0 Å². The Hall–Kier alpha value is -0.610. The minimum absolute atomic E-state index is 0.156. The van der Waals surface area contributed by atoms with E-state index in [9.17, 15) is 9.90 Å². The number of amides is 1. The highest BCUT2D eigenvalue weighted by Crippen LogP contribution is 2.71. The molecule has 128 valence electrons. The summed E-state index contributed by atoms with van der Waals surface area (Å²) >= 11 is 0. The van der Waals surface area contributed by atoms with E-state index in [0.717, 1.165) is 51.0 Å². The maximum Gasteiger partial charge on any atom is 0.240 e. The van der Waals surface area contributed by atoms with Crippen LogP contribution in [0.5, 0.6) is 0 Å². The molecule has 0 aromatic heterocycles. The lowest BCUT2D eigenvalue weighted by Gasteiger charge is -2.69. The Morgan fingerprint density at radius 3 is 2.26 bits per heavy atom. The average Bonchev–Trinajstić information content (AvgIpc) is 3.03. The van der Waals surface area contributed by atoms with Crippen LogP contribution < -0.4 is 5.73 Å². The van der Waals surface area contributed by atoms with Crippen LogP contribution in [0.1, 0.15) is 65.2 Å². The van der Waals surface area contributed by atoms with Crippen LogP contribution in [0.25, 0.3) is 0 Å². The highest BCUT2D eigenvalue weighted by Gasteiger charge is 2.68. The van der Waals surface area contributed by atoms with Crippen molar-refractivity contribution in [3.05, 3.63) is 0 Å². The van der Waals surface area contributed by atoms with Crippen LogP contribution in [-0.4, -0.2) is 40.1 Å². The summed E-state index contributed by atoms with van der Waals surface area (Å²) in [6, 6.07) is 0.0599. The molecular weight excluding hydrogens is 288 g/mol. The average molecular weight is 318 g/mol. The second-order valence-corrected chi connectivity index (χ2v) is 10.6. The highest BCUT2D eigenvalue weighted by atomic mass is 16.3. The molecular formula is C19H30N2O2. The highest BCUT2D eigenvalue weighted by molar-refractivity contribution is 5.84. The van der Waals surface area contributed by atoms with Crippen molar-refractivity contribution < 1.29 is 9.90 Å². The first-order valence-electron chi connectivity index (χ1n) is 9.44. The van der Waals surface area contributed by atoms with E-state index in [1.807, 2.05) is 0 Å². The Labute approximate surface area is 138 Å². The molecule has 4 unspecified atom stereocenters. The largest absolute Gasteiger partial charge is 0.390 e. The quantitative estimate of drug-likeness (QED) is 0.819. The number of nitrogens with zero attached hydrogens (tertiary/aromatic N) is 1. The number of aliphatic hydroxyl groups is 1. The molecule has 5 saturated carbocycles. The van der Waals surface area contributed by atoms with Gasteiger partial charge in [-0.05, 0) is 73.5 Å². The zero-order valence-electron chi connectivity index (χ0n) is 14.5. The van der Waals surface area contributed by atoms with E-state index in [2.05, 4.69) is 18.7 Å². The molecule has 0 aromatic carbocycles. The number of likely N-dealkylation sites (tertiary alicyclic amines) is 1. The van der Waals surface area contributed by atoms with Crippen molar-refractivity contribution in [2.45, 2.75) is 82.9 Å². The van der Waals surface area contributed by atoms with E-state index in [4.69, 9.17) is 5.73 Å². The zero-order chi connectivity index (χ0) is 16.3. The molecule has 0 radical (unpaired) electrons. The molecule has 4 nitrogen and oxygen atoms in total. The number of nitrogens with two attached hydrogens (primary N) is 1. The summed E-state index contributed by atoms with van der Waals surface area (Å²) in [6.45, 7) is 5.52. The third-order valence-corrected chi connectivity index (χ3v) is 7.84. The molecule has 3 N–H and O–H groups in total. The van der Waals surface area contributed by atoms with Gasteiger partial charge in [-0.3, -0.25) is 4.79 Å². The number of hydrogen-bond acceptors (Lipinski definition) is 3. The Bertz CT molecular complexity index is 534. The number of piperidine rings is 1. The summed E-state index contributed by atoms with van der Waals surface area (Å²) in [7, 11) is 0. The lowest BCUT2D eigenvalue weighted by Crippen LogP contribution is -2.68. The SMILES string of the molecule is CC12CC3(C)CC(O)(C1)CC([C@H](N)C(=O)N1CCC4CC41)(C2)C3. The van der Waals surface area contributed by atoms with Crippen molar-refractivity contribution in [2.75, 3.05) is 6.54 Å². The van der Waals surface area contributed by atoms with Crippen molar-refractivity contribution in [3.8, 4) is 0 Å². The topological polar surface area (TPSA) is 66.6 Å². The van der Waals surface area contributed by atoms with E-state index in [-0.39, 0.29) is 22.2 Å². The van der Waals surface area contributed by atoms with Crippen molar-refractivity contribution in [2.24, 2.45) is 27.9 Å². The van der Waals surface area contributed by atoms with Crippen molar-refractivity contribution in [1.82, 2.24) is 4.90 Å². The van der Waals surface area contributed by atoms with Gasteiger partial charge < -0.3 is 15.7 Å². The molecule has 1 aliphatic heterocycles. The molecule has 6 fully saturated rings. The van der Waals surface area contributed by atoms with Crippen LogP contribution >= 0.6 is 0 Å². The van der Waals surface area contributed by atoms with Crippen LogP contribution in [-0.2, 0) is 4.79 Å². The molecule has 5 atom stereocenters. The lowest BCUT2D eigenvalue weighted by molar-refractivity contribution is -0.230. The summed E-state index contributed by atoms with van der Waals surface area (Å²) in [5, 5.41) is 11.2. The van der Waals surface area contributed by atoms with Gasteiger partial charge in [-0.15, -0.1) is 0 Å². The summed E-state index contributed by atoms with van der Waals surface area (Å²) in [5.74, 6) is 0.925. The second-order valence-electron chi connectivity index (χ2n) is 10.6. The maximum atomic E-state index is 13.1. The minimum atomic E-state index is -0.594. The van der Waals surface area contributed by atoms with E-state index >= 15 is 0 Å². The van der Waals surface area contributed by atoms with Gasteiger partial charge >= 0.3 is 0 Å². The molecule has 4 bridgehead atoms. The van der Waals surface area contributed by atoms with Gasteiger partial charge in [0.2, 0.25) is 5.91 Å². The first-order chi connectivity index (χ1) is 10.7. The molecule has 6 rings (SSSR count). The molecule has 4 heteroatoms. The predicted octanol–water partition coefficient (Wildman–Crippen LogP) is 2.05. The van der Waals surface area contributed by atoms with Gasteiger partial charge in [0, 0.05) is 12.6 Å². The summed E-state index contributed by atoms with van der Waals surface area (Å²) in [5.41, 5.74) is 6.19. The van der Waals surface area contributed by atoms with Crippen molar-refractivity contribution in [1.29, 1.82) is 0 Å². The third-order valence-electron chi connectivity index (χ3n) is 7.84. The van der Waals surface area contributed by atoms with Crippen LogP contribution in [0, 0.1) is 22.2 Å². The molecule has 0 aromatic rings. The van der Waals surface area contributed by atoms with Gasteiger partial charge in [0.1, 0.15) is 0 Å². The van der Waals surface area contributed by atoms with Gasteiger partial charge in [-0.25, -0.2) is 0 Å². The minimum Gasteiger partial charge on any atom is -0.390 e. The first kappa shape index (κ1) is 14.7. The van der Waals surface area contributed by atoms with Crippen LogP contribution in [0.2, 0.25) is 0 Å². The second kappa shape index (κ2) is 3.96. The van der Waals surface area contributed by atoms with Crippen molar-refractivity contribution >= 4 is 5.91 Å². The third kappa shape index (κ3) is 1.94. The summed E-state index contributed by atoms with van der Waals surface area (Å²) in [4.78, 5) is 15.2. The van der Waals surface area contributed by atoms with Gasteiger partial charge in [0.15, 0.2) is 0 Å². The van der Waals surface area contributed by atoms with Gasteiger partial charge in [0.05, 0.1) is 11.6 Å². The normalized spacial score (nSPS) is 57.5. The smallest absolute Gasteiger partial charge is 0.240 e. The number of carbonyl (C=O) groups excluding carboxylic acids is 1. The van der Waals surface area contributed by atoms with Crippen molar-refractivity contribution in [3.63, 3.8) is 0 Å². The lowest BCUT2D eigenvalue weighted by atomic mass is 9.38. The molecule has 1 amide bonds. The summed E-state index contributed by atoms with van der Waals surface area (Å²) < 4.78 is 0. The van der Waals surface area contributed by atoms with E-state index in [1.54, 1.807) is 0 Å². The van der Waals surface area contributed by atoms with Crippen LogP contribution in [0.15, 0.2) is 0 Å². The monoisotopic (exact) mass is 318 g/mol. The molecule has 6 aliphatic rings. The fourth-order valence-electron chi connectivity index (χ4n) is 8.16. The van der Waals surface area contributed by atoms with Gasteiger partial charge in [-0.2, -0.15) is 0 Å². The molecule has 5 aliphatic carbocycles. The van der Waals surface area contributed by atoms with Crippen LogP contribution in [0.3, 0.4) is 0 Å². The summed E-state index contributed by atoms with van der Waals surface area (Å²) in [6.07, 6.45) is 8.10. The number of carbonyl (C=O) groups is 1. The molecule has 1 heterocycles. The van der Waals surface area contributed by atoms with Gasteiger partial charge in [-0.1, -0.05) is 13.8 Å². The standard InChI is InChI=1S/C19H30N2O2/c1-16-6-17(2)8-18(7-16,11-19(23,9-16)10-17)14(20)15(22)21-4-3-12-5-13(12)21/h12-14,23H,3-11,20H2,1-2H3/t12?,13?,14-,16?,17?,18?,19?/m1/s1. The molecule has 1 saturated heterocycles. The number of fused-ring (bicyclic) bond motifs is 1. The Kier molecular flexibility index (Phi) is 2.53. The fourth-order valence-corrected chi connectivity index (χ4v) is 8.16. The molecule has 23 heavy (non-hydrogen) atoms. The van der Waals surface area contributed by atoms with E-state index in [0.29, 0.717) is 6.04 Å². The van der Waals surface area contributed by atoms with E-state index < -0.39 is 11.6 Å². The van der Waals surface area contributed by atoms with E-state index in [1.165, 1.54) is 12.8 Å². The van der Waals surface area contributed by atoms with Gasteiger partial charge in [0.25, 0.3) is 0 Å².